The number of aromatic nitrogens is 4. The third-order valence-electron chi connectivity index (χ3n) is 4.51. The molecule has 0 bridgehead atoms. The number of amides is 1. The van der Waals surface area contributed by atoms with E-state index in [4.69, 9.17) is 0 Å². The smallest absolute Gasteiger partial charge is 0.278 e. The Morgan fingerprint density at radius 2 is 2.07 bits per heavy atom. The first-order valence-electron chi connectivity index (χ1n) is 9.36. The molecule has 0 saturated carbocycles. The van der Waals surface area contributed by atoms with Crippen LogP contribution in [0, 0.1) is 18.6 Å². The van der Waals surface area contributed by atoms with Crippen LogP contribution in [0.3, 0.4) is 0 Å². The van der Waals surface area contributed by atoms with Crippen LogP contribution in [0.1, 0.15) is 41.6 Å². The number of hydrogen-bond acceptors (Lipinski definition) is 5. The summed E-state index contributed by atoms with van der Waals surface area (Å²) in [4.78, 5) is 23.4. The van der Waals surface area contributed by atoms with Gasteiger partial charge in [0.1, 0.15) is 17.0 Å². The van der Waals surface area contributed by atoms with Crippen LogP contribution in [0.4, 0.5) is 13.9 Å². The first-order chi connectivity index (χ1) is 14.3. The molecule has 0 spiro atoms. The van der Waals surface area contributed by atoms with E-state index in [2.05, 4.69) is 15.1 Å². The predicted molar refractivity (Wildman–Crippen MR) is 112 cm³/mol. The maximum Gasteiger partial charge on any atom is 0.278 e. The van der Waals surface area contributed by atoms with Crippen LogP contribution < -0.4 is 4.90 Å². The quantitative estimate of drug-likeness (QED) is 0.454. The lowest BCUT2D eigenvalue weighted by atomic mass is 10.2. The SMILES string of the molecule is Cc1cc(C(=O)N(Cc2cccnc2)c2nc3c(F)cc(F)cc3s2)n(C(C)C)n1. The lowest BCUT2D eigenvalue weighted by Gasteiger charge is -2.21. The number of thiazole rings is 1. The topological polar surface area (TPSA) is 63.9 Å². The normalized spacial score (nSPS) is 11.4. The number of fused-ring (bicyclic) bond motifs is 1. The van der Waals surface area contributed by atoms with Gasteiger partial charge in [0.2, 0.25) is 0 Å². The summed E-state index contributed by atoms with van der Waals surface area (Å²) in [7, 11) is 0. The summed E-state index contributed by atoms with van der Waals surface area (Å²) in [6.07, 6.45) is 3.29. The van der Waals surface area contributed by atoms with E-state index in [0.717, 1.165) is 23.0 Å². The van der Waals surface area contributed by atoms with Gasteiger partial charge in [-0.3, -0.25) is 19.4 Å². The molecule has 4 aromatic rings. The van der Waals surface area contributed by atoms with Crippen molar-refractivity contribution in [3.8, 4) is 0 Å². The minimum atomic E-state index is -0.760. The molecule has 4 rings (SSSR count). The highest BCUT2D eigenvalue weighted by atomic mass is 32.1. The zero-order valence-electron chi connectivity index (χ0n) is 16.6. The summed E-state index contributed by atoms with van der Waals surface area (Å²) < 4.78 is 29.9. The van der Waals surface area contributed by atoms with Gasteiger partial charge in [-0.2, -0.15) is 5.10 Å². The Kier molecular flexibility index (Phi) is 5.29. The Hall–Kier alpha value is -3.20. The Balaban J connectivity index is 1.83. The second kappa shape index (κ2) is 7.91. The fourth-order valence-corrected chi connectivity index (χ4v) is 4.17. The van der Waals surface area contributed by atoms with Crippen LogP contribution in [-0.2, 0) is 6.54 Å². The highest BCUT2D eigenvalue weighted by molar-refractivity contribution is 7.22. The van der Waals surface area contributed by atoms with Crippen LogP contribution in [-0.4, -0.2) is 25.7 Å². The third-order valence-corrected chi connectivity index (χ3v) is 5.53. The number of hydrogen-bond donors (Lipinski definition) is 0. The van der Waals surface area contributed by atoms with Crippen molar-refractivity contribution >= 4 is 32.6 Å². The first kappa shape index (κ1) is 20.1. The molecule has 6 nitrogen and oxygen atoms in total. The molecule has 9 heteroatoms. The molecule has 0 saturated heterocycles. The van der Waals surface area contributed by atoms with Crippen molar-refractivity contribution in [2.24, 2.45) is 0 Å². The zero-order chi connectivity index (χ0) is 21.4. The Bertz CT molecular complexity index is 1220. The number of anilines is 1. The van der Waals surface area contributed by atoms with Gasteiger partial charge in [0.25, 0.3) is 5.91 Å². The van der Waals surface area contributed by atoms with Crippen molar-refractivity contribution in [1.82, 2.24) is 19.7 Å². The number of aryl methyl sites for hydroxylation is 1. The lowest BCUT2D eigenvalue weighted by Crippen LogP contribution is -2.32. The van der Waals surface area contributed by atoms with Crippen molar-refractivity contribution in [1.29, 1.82) is 0 Å². The van der Waals surface area contributed by atoms with E-state index in [-0.39, 0.29) is 29.1 Å². The van der Waals surface area contributed by atoms with E-state index in [1.807, 2.05) is 26.8 Å². The number of nitrogens with zero attached hydrogens (tertiary/aromatic N) is 5. The van der Waals surface area contributed by atoms with Crippen molar-refractivity contribution in [3.63, 3.8) is 0 Å². The number of halogens is 2. The highest BCUT2D eigenvalue weighted by Crippen LogP contribution is 2.33. The van der Waals surface area contributed by atoms with Crippen LogP contribution in [0.5, 0.6) is 0 Å². The van der Waals surface area contributed by atoms with Crippen molar-refractivity contribution in [3.05, 3.63) is 71.3 Å². The molecular formula is C21H19F2N5OS. The number of pyridine rings is 1. The van der Waals surface area contributed by atoms with E-state index in [0.29, 0.717) is 16.1 Å². The van der Waals surface area contributed by atoms with Crippen LogP contribution >= 0.6 is 11.3 Å². The minimum absolute atomic E-state index is 0.0280. The monoisotopic (exact) mass is 427 g/mol. The minimum Gasteiger partial charge on any atom is -0.278 e. The summed E-state index contributed by atoms with van der Waals surface area (Å²) >= 11 is 1.06. The number of carbonyl (C=O) groups is 1. The molecular weight excluding hydrogens is 408 g/mol. The Labute approximate surface area is 175 Å². The second-order valence-corrected chi connectivity index (χ2v) is 8.20. The Morgan fingerprint density at radius 3 is 2.77 bits per heavy atom. The zero-order valence-corrected chi connectivity index (χ0v) is 17.5. The van der Waals surface area contributed by atoms with Gasteiger partial charge in [0.05, 0.1) is 16.9 Å². The van der Waals surface area contributed by atoms with E-state index in [1.54, 1.807) is 29.2 Å². The number of benzene rings is 1. The lowest BCUT2D eigenvalue weighted by molar-refractivity contribution is 0.0973. The van der Waals surface area contributed by atoms with Crippen molar-refractivity contribution in [2.45, 2.75) is 33.4 Å². The van der Waals surface area contributed by atoms with Gasteiger partial charge in [-0.1, -0.05) is 17.4 Å². The molecule has 3 aromatic heterocycles. The number of rotatable bonds is 5. The van der Waals surface area contributed by atoms with Gasteiger partial charge in [0, 0.05) is 24.5 Å². The molecule has 0 radical (unpaired) electrons. The molecule has 1 amide bonds. The first-order valence-corrected chi connectivity index (χ1v) is 10.2. The summed E-state index contributed by atoms with van der Waals surface area (Å²) in [5.41, 5.74) is 1.93. The highest BCUT2D eigenvalue weighted by Gasteiger charge is 2.26. The molecule has 0 fully saturated rings. The molecule has 30 heavy (non-hydrogen) atoms. The van der Waals surface area contributed by atoms with Gasteiger partial charge < -0.3 is 0 Å². The molecule has 1 aromatic carbocycles. The molecule has 3 heterocycles. The maximum absolute atomic E-state index is 14.2. The summed E-state index contributed by atoms with van der Waals surface area (Å²) in [6, 6.07) is 7.30. The van der Waals surface area contributed by atoms with E-state index in [9.17, 15) is 13.6 Å². The van der Waals surface area contributed by atoms with E-state index >= 15 is 0 Å². The molecule has 0 aliphatic carbocycles. The average molecular weight is 427 g/mol. The standard InChI is InChI=1S/C21H19F2N5OS/c1-12(2)28-17(7-13(3)26-28)20(29)27(11-14-5-4-6-24-10-14)21-25-19-16(23)8-15(22)9-18(19)30-21/h4-10,12H,11H2,1-3H3. The molecule has 0 N–H and O–H groups in total. The molecule has 0 aliphatic heterocycles. The summed E-state index contributed by atoms with van der Waals surface area (Å²) in [5.74, 6) is -1.77. The fourth-order valence-electron chi connectivity index (χ4n) is 3.17. The second-order valence-electron chi connectivity index (χ2n) is 7.19. The van der Waals surface area contributed by atoms with E-state index < -0.39 is 11.6 Å². The molecule has 0 atom stereocenters. The van der Waals surface area contributed by atoms with Gasteiger partial charge in [-0.05, 0) is 44.5 Å². The third kappa shape index (κ3) is 3.80. The van der Waals surface area contributed by atoms with Gasteiger partial charge in [-0.25, -0.2) is 13.8 Å². The molecule has 0 unspecified atom stereocenters. The van der Waals surface area contributed by atoms with Gasteiger partial charge >= 0.3 is 0 Å². The maximum atomic E-state index is 14.2. The predicted octanol–water partition coefficient (Wildman–Crippen LogP) is 4.90. The average Bonchev–Trinajstić information content (AvgIpc) is 3.30. The number of carbonyl (C=O) groups excluding carboxylic acids is 1. The van der Waals surface area contributed by atoms with Gasteiger partial charge in [-0.15, -0.1) is 0 Å². The Morgan fingerprint density at radius 1 is 1.27 bits per heavy atom. The fraction of sp³-hybridized carbons (Fsp3) is 0.238. The summed E-state index contributed by atoms with van der Waals surface area (Å²) in [6.45, 7) is 5.87. The molecule has 154 valence electrons. The summed E-state index contributed by atoms with van der Waals surface area (Å²) in [5, 5.41) is 4.69. The van der Waals surface area contributed by atoms with Crippen LogP contribution in [0.2, 0.25) is 0 Å². The van der Waals surface area contributed by atoms with Gasteiger partial charge in [0.15, 0.2) is 10.9 Å². The van der Waals surface area contributed by atoms with E-state index in [1.165, 1.54) is 11.0 Å². The van der Waals surface area contributed by atoms with Crippen molar-refractivity contribution in [2.75, 3.05) is 4.90 Å². The van der Waals surface area contributed by atoms with Crippen LogP contribution in [0.15, 0.2) is 42.7 Å². The molecule has 0 aliphatic rings. The van der Waals surface area contributed by atoms with Crippen molar-refractivity contribution < 1.29 is 13.6 Å². The van der Waals surface area contributed by atoms with Crippen LogP contribution in [0.25, 0.3) is 10.2 Å². The largest absolute Gasteiger partial charge is 0.278 e.